The van der Waals surface area contributed by atoms with Crippen LogP contribution in [-0.2, 0) is 0 Å². The molecule has 0 saturated carbocycles. The largest absolute Gasteiger partial charge is 0.369 e. The van der Waals surface area contributed by atoms with Crippen LogP contribution in [-0.4, -0.2) is 35.9 Å². The highest BCUT2D eigenvalue weighted by Gasteiger charge is 2.12. The van der Waals surface area contributed by atoms with Gasteiger partial charge >= 0.3 is 0 Å². The summed E-state index contributed by atoms with van der Waals surface area (Å²) in [5.74, 6) is 0.563. The molecule has 4 nitrogen and oxygen atoms in total. The van der Waals surface area contributed by atoms with E-state index in [1.54, 1.807) is 24.2 Å². The van der Waals surface area contributed by atoms with E-state index in [1.165, 1.54) is 0 Å². The van der Waals surface area contributed by atoms with Crippen LogP contribution in [0.25, 0.3) is 0 Å². The predicted molar refractivity (Wildman–Crippen MR) is 70.7 cm³/mol. The van der Waals surface area contributed by atoms with Gasteiger partial charge in [-0.05, 0) is 19.4 Å². The van der Waals surface area contributed by atoms with E-state index in [0.29, 0.717) is 22.9 Å². The van der Waals surface area contributed by atoms with Crippen LogP contribution >= 0.6 is 11.6 Å². The predicted octanol–water partition coefficient (Wildman–Crippen LogP) is 2.65. The van der Waals surface area contributed by atoms with Gasteiger partial charge in [-0.15, -0.1) is 0 Å². The molecule has 0 aliphatic rings. The Kier molecular flexibility index (Phi) is 5.22. The Morgan fingerprint density at radius 2 is 2.24 bits per heavy atom. The number of amides is 1. The molecule has 0 aliphatic heterocycles. The van der Waals surface area contributed by atoms with E-state index in [1.807, 2.05) is 6.92 Å². The van der Waals surface area contributed by atoms with Crippen LogP contribution in [0.5, 0.6) is 0 Å². The number of hydrogen-bond acceptors (Lipinski definition) is 3. The molecule has 1 rings (SSSR count). The number of aromatic nitrogens is 1. The van der Waals surface area contributed by atoms with Gasteiger partial charge in [0.2, 0.25) is 0 Å². The summed E-state index contributed by atoms with van der Waals surface area (Å²) in [6.07, 6.45) is 2.55. The van der Waals surface area contributed by atoms with Gasteiger partial charge in [0.1, 0.15) is 5.82 Å². The first kappa shape index (κ1) is 13.8. The number of pyridine rings is 1. The van der Waals surface area contributed by atoms with Gasteiger partial charge in [0, 0.05) is 26.3 Å². The van der Waals surface area contributed by atoms with Crippen molar-refractivity contribution in [3.63, 3.8) is 0 Å². The fourth-order valence-electron chi connectivity index (χ4n) is 1.29. The molecule has 0 spiro atoms. The van der Waals surface area contributed by atoms with E-state index < -0.39 is 0 Å². The van der Waals surface area contributed by atoms with Crippen LogP contribution < -0.4 is 5.32 Å². The molecule has 1 aromatic heterocycles. The molecule has 0 aromatic carbocycles. The van der Waals surface area contributed by atoms with E-state index in [2.05, 4.69) is 17.2 Å². The van der Waals surface area contributed by atoms with Crippen molar-refractivity contribution < 1.29 is 4.79 Å². The molecule has 1 N–H and O–H groups in total. The Labute approximate surface area is 107 Å². The molecule has 0 fully saturated rings. The van der Waals surface area contributed by atoms with Crippen LogP contribution in [0.2, 0.25) is 5.02 Å². The van der Waals surface area contributed by atoms with Gasteiger partial charge in [-0.25, -0.2) is 4.98 Å². The molecule has 0 bridgehead atoms. The molecule has 1 amide bonds. The zero-order valence-corrected chi connectivity index (χ0v) is 11.2. The van der Waals surface area contributed by atoms with Crippen LogP contribution in [0.3, 0.4) is 0 Å². The normalized spacial score (nSPS) is 10.1. The Morgan fingerprint density at radius 3 is 2.76 bits per heavy atom. The lowest BCUT2D eigenvalue weighted by molar-refractivity contribution is 0.0802. The highest BCUT2D eigenvalue weighted by atomic mass is 35.5. The Hall–Kier alpha value is -1.29. The minimum atomic E-state index is -0.0658. The molecule has 0 aliphatic carbocycles. The Balaban J connectivity index is 2.84. The molecule has 94 valence electrons. The SMILES string of the molecule is CCCNc1ncc(C(=O)N(C)CC)cc1Cl. The molecule has 5 heteroatoms. The van der Waals surface area contributed by atoms with Crippen molar-refractivity contribution in [1.29, 1.82) is 0 Å². The number of rotatable bonds is 5. The van der Waals surface area contributed by atoms with Crippen molar-refractivity contribution >= 4 is 23.3 Å². The summed E-state index contributed by atoms with van der Waals surface area (Å²) < 4.78 is 0. The van der Waals surface area contributed by atoms with Crippen LogP contribution in [0.4, 0.5) is 5.82 Å². The molecule has 17 heavy (non-hydrogen) atoms. The Morgan fingerprint density at radius 1 is 1.53 bits per heavy atom. The fourth-order valence-corrected chi connectivity index (χ4v) is 1.53. The second-order valence-corrected chi connectivity index (χ2v) is 4.21. The van der Waals surface area contributed by atoms with E-state index in [-0.39, 0.29) is 5.91 Å². The number of carbonyl (C=O) groups is 1. The molecular formula is C12H18ClN3O. The minimum Gasteiger partial charge on any atom is -0.369 e. The molecule has 0 unspecified atom stereocenters. The quantitative estimate of drug-likeness (QED) is 0.880. The zero-order valence-electron chi connectivity index (χ0n) is 10.5. The van der Waals surface area contributed by atoms with Gasteiger partial charge in [-0.3, -0.25) is 4.79 Å². The molecular weight excluding hydrogens is 238 g/mol. The second kappa shape index (κ2) is 6.45. The van der Waals surface area contributed by atoms with Gasteiger partial charge in [0.25, 0.3) is 5.91 Å². The maximum Gasteiger partial charge on any atom is 0.255 e. The number of anilines is 1. The van der Waals surface area contributed by atoms with Crippen molar-refractivity contribution in [3.8, 4) is 0 Å². The van der Waals surface area contributed by atoms with Crippen LogP contribution in [0.1, 0.15) is 30.6 Å². The van der Waals surface area contributed by atoms with Crippen LogP contribution in [0.15, 0.2) is 12.3 Å². The number of nitrogens with one attached hydrogen (secondary N) is 1. The first-order chi connectivity index (χ1) is 8.10. The third-order valence-electron chi connectivity index (χ3n) is 2.45. The molecule has 0 saturated heterocycles. The average molecular weight is 256 g/mol. The lowest BCUT2D eigenvalue weighted by Gasteiger charge is -2.15. The molecule has 1 aromatic rings. The number of halogens is 1. The second-order valence-electron chi connectivity index (χ2n) is 3.80. The van der Waals surface area contributed by atoms with E-state index in [9.17, 15) is 4.79 Å². The zero-order chi connectivity index (χ0) is 12.8. The first-order valence-corrected chi connectivity index (χ1v) is 6.12. The summed E-state index contributed by atoms with van der Waals surface area (Å²) in [6, 6.07) is 1.65. The third-order valence-corrected chi connectivity index (χ3v) is 2.74. The topological polar surface area (TPSA) is 45.2 Å². The van der Waals surface area contributed by atoms with Crippen molar-refractivity contribution in [3.05, 3.63) is 22.8 Å². The fraction of sp³-hybridized carbons (Fsp3) is 0.500. The summed E-state index contributed by atoms with van der Waals surface area (Å²) >= 11 is 6.06. The third kappa shape index (κ3) is 3.60. The summed E-state index contributed by atoms with van der Waals surface area (Å²) in [5.41, 5.74) is 0.515. The minimum absolute atomic E-state index is 0.0658. The summed E-state index contributed by atoms with van der Waals surface area (Å²) in [7, 11) is 1.75. The lowest BCUT2D eigenvalue weighted by atomic mass is 10.2. The number of nitrogens with zero attached hydrogens (tertiary/aromatic N) is 2. The van der Waals surface area contributed by atoms with E-state index in [0.717, 1.165) is 13.0 Å². The van der Waals surface area contributed by atoms with Crippen molar-refractivity contribution in [2.45, 2.75) is 20.3 Å². The number of carbonyl (C=O) groups excluding carboxylic acids is 1. The van der Waals surface area contributed by atoms with Gasteiger partial charge in [-0.2, -0.15) is 0 Å². The van der Waals surface area contributed by atoms with Crippen molar-refractivity contribution in [2.75, 3.05) is 25.5 Å². The molecule has 1 heterocycles. The van der Waals surface area contributed by atoms with Crippen molar-refractivity contribution in [2.24, 2.45) is 0 Å². The van der Waals surface area contributed by atoms with Gasteiger partial charge in [0.05, 0.1) is 10.6 Å². The number of hydrogen-bond donors (Lipinski definition) is 1. The Bertz CT molecular complexity index is 395. The lowest BCUT2D eigenvalue weighted by Crippen LogP contribution is -2.26. The maximum absolute atomic E-state index is 11.9. The molecule has 0 radical (unpaired) electrons. The van der Waals surface area contributed by atoms with E-state index in [4.69, 9.17) is 11.6 Å². The molecule has 0 atom stereocenters. The maximum atomic E-state index is 11.9. The first-order valence-electron chi connectivity index (χ1n) is 5.75. The monoisotopic (exact) mass is 255 g/mol. The van der Waals surface area contributed by atoms with Crippen molar-refractivity contribution in [1.82, 2.24) is 9.88 Å². The summed E-state index contributed by atoms with van der Waals surface area (Å²) in [6.45, 7) is 5.46. The average Bonchev–Trinajstić information content (AvgIpc) is 2.35. The van der Waals surface area contributed by atoms with Gasteiger partial charge in [-0.1, -0.05) is 18.5 Å². The van der Waals surface area contributed by atoms with Crippen LogP contribution in [0, 0.1) is 0 Å². The smallest absolute Gasteiger partial charge is 0.255 e. The van der Waals surface area contributed by atoms with E-state index >= 15 is 0 Å². The summed E-state index contributed by atoms with van der Waals surface area (Å²) in [5, 5.41) is 3.58. The van der Waals surface area contributed by atoms with Gasteiger partial charge < -0.3 is 10.2 Å². The van der Waals surface area contributed by atoms with Gasteiger partial charge in [0.15, 0.2) is 0 Å². The summed E-state index contributed by atoms with van der Waals surface area (Å²) in [4.78, 5) is 17.6. The highest BCUT2D eigenvalue weighted by molar-refractivity contribution is 6.33. The standard InChI is InChI=1S/C12H18ClN3O/c1-4-6-14-11-10(13)7-9(8-15-11)12(17)16(3)5-2/h7-8H,4-6H2,1-3H3,(H,14,15). The highest BCUT2D eigenvalue weighted by Crippen LogP contribution is 2.20.